The van der Waals surface area contributed by atoms with E-state index in [1.165, 1.54) is 11.9 Å². The Morgan fingerprint density at radius 2 is 2.12 bits per heavy atom. The third-order valence-corrected chi connectivity index (χ3v) is 1.47. The van der Waals surface area contributed by atoms with Crippen molar-refractivity contribution in [3.8, 4) is 0 Å². The second-order valence-corrected chi connectivity index (χ2v) is 3.29. The van der Waals surface area contributed by atoms with Gasteiger partial charge >= 0.3 is 0 Å². The van der Waals surface area contributed by atoms with E-state index in [4.69, 9.17) is 5.14 Å². The molecule has 0 aromatic rings. The van der Waals surface area contributed by atoms with E-state index in [1.54, 1.807) is 0 Å². The Morgan fingerprint density at radius 3 is 2.25 bits per heavy atom. The Balaban J connectivity index is 3.10. The molecule has 8 heavy (non-hydrogen) atoms. The van der Waals surface area contributed by atoms with Crippen molar-refractivity contribution in [2.24, 2.45) is 5.14 Å². The standard InChI is InChI=1S/C5H14N2S/c1-5(8-6)4-7(2)3/h5H,4,6H2,1-3H3. The fourth-order valence-corrected chi connectivity index (χ4v) is 0.941. The minimum atomic E-state index is 0.546. The van der Waals surface area contributed by atoms with Gasteiger partial charge in [0, 0.05) is 11.8 Å². The zero-order valence-electron chi connectivity index (χ0n) is 5.72. The summed E-state index contributed by atoms with van der Waals surface area (Å²) in [5.74, 6) is 0. The maximum Gasteiger partial charge on any atom is 0.0289 e. The summed E-state index contributed by atoms with van der Waals surface area (Å²) >= 11 is 1.41. The van der Waals surface area contributed by atoms with E-state index in [0.717, 1.165) is 6.54 Å². The zero-order valence-corrected chi connectivity index (χ0v) is 6.53. The molecule has 0 radical (unpaired) electrons. The summed E-state index contributed by atoms with van der Waals surface area (Å²) in [5, 5.41) is 5.86. The molecule has 2 N–H and O–H groups in total. The van der Waals surface area contributed by atoms with Crippen LogP contribution in [0.5, 0.6) is 0 Å². The van der Waals surface area contributed by atoms with Gasteiger partial charge in [-0.25, -0.2) is 0 Å². The maximum absolute atomic E-state index is 5.31. The van der Waals surface area contributed by atoms with Gasteiger partial charge < -0.3 is 4.90 Å². The predicted octanol–water partition coefficient (Wildman–Crippen LogP) is 0.543. The van der Waals surface area contributed by atoms with Gasteiger partial charge in [-0.2, -0.15) is 0 Å². The lowest BCUT2D eigenvalue weighted by molar-refractivity contribution is 0.413. The summed E-state index contributed by atoms with van der Waals surface area (Å²) in [6.45, 7) is 3.17. The highest BCUT2D eigenvalue weighted by Gasteiger charge is 1.98. The molecular weight excluding hydrogens is 120 g/mol. The largest absolute Gasteiger partial charge is 0.308 e. The highest BCUT2D eigenvalue weighted by Crippen LogP contribution is 2.00. The molecule has 50 valence electrons. The van der Waals surface area contributed by atoms with Crippen molar-refractivity contribution >= 4 is 11.9 Å². The van der Waals surface area contributed by atoms with Gasteiger partial charge in [0.05, 0.1) is 0 Å². The van der Waals surface area contributed by atoms with Gasteiger partial charge in [-0.15, -0.1) is 0 Å². The van der Waals surface area contributed by atoms with E-state index in [1.807, 2.05) is 14.1 Å². The number of rotatable bonds is 3. The van der Waals surface area contributed by atoms with Crippen LogP contribution < -0.4 is 5.14 Å². The van der Waals surface area contributed by atoms with Crippen molar-refractivity contribution in [2.45, 2.75) is 12.2 Å². The smallest absolute Gasteiger partial charge is 0.0289 e. The molecule has 0 aromatic heterocycles. The summed E-state index contributed by atoms with van der Waals surface area (Å²) < 4.78 is 0. The third kappa shape index (κ3) is 4.43. The SMILES string of the molecule is CC(CN(C)C)SN. The zero-order chi connectivity index (χ0) is 6.57. The molecule has 0 bridgehead atoms. The molecule has 0 aromatic carbocycles. The van der Waals surface area contributed by atoms with Gasteiger partial charge in [-0.3, -0.25) is 5.14 Å². The number of hydrogen-bond acceptors (Lipinski definition) is 3. The van der Waals surface area contributed by atoms with Gasteiger partial charge in [-0.1, -0.05) is 18.9 Å². The van der Waals surface area contributed by atoms with Gasteiger partial charge in [-0.05, 0) is 14.1 Å². The minimum Gasteiger partial charge on any atom is -0.308 e. The van der Waals surface area contributed by atoms with E-state index in [2.05, 4.69) is 11.8 Å². The van der Waals surface area contributed by atoms with Crippen LogP contribution in [-0.2, 0) is 0 Å². The second kappa shape index (κ2) is 4.18. The first kappa shape index (κ1) is 8.27. The molecule has 0 fully saturated rings. The lowest BCUT2D eigenvalue weighted by atomic mass is 10.4. The lowest BCUT2D eigenvalue weighted by Gasteiger charge is -2.13. The summed E-state index contributed by atoms with van der Waals surface area (Å²) in [7, 11) is 4.10. The molecule has 1 atom stereocenters. The van der Waals surface area contributed by atoms with Crippen LogP contribution >= 0.6 is 11.9 Å². The summed E-state index contributed by atoms with van der Waals surface area (Å²) in [5.41, 5.74) is 0. The number of hydrogen-bond donors (Lipinski definition) is 1. The molecule has 0 amide bonds. The van der Waals surface area contributed by atoms with Crippen molar-refractivity contribution in [3.63, 3.8) is 0 Å². The quantitative estimate of drug-likeness (QED) is 0.571. The molecule has 0 saturated heterocycles. The molecule has 3 heteroatoms. The molecule has 0 spiro atoms. The van der Waals surface area contributed by atoms with Crippen LogP contribution in [0.3, 0.4) is 0 Å². The van der Waals surface area contributed by atoms with E-state index in [9.17, 15) is 0 Å². The maximum atomic E-state index is 5.31. The number of nitrogens with two attached hydrogens (primary N) is 1. The summed E-state index contributed by atoms with van der Waals surface area (Å²) in [4.78, 5) is 2.13. The lowest BCUT2D eigenvalue weighted by Crippen LogP contribution is -2.22. The van der Waals surface area contributed by atoms with Gasteiger partial charge in [0.2, 0.25) is 0 Å². The molecule has 0 saturated carbocycles. The van der Waals surface area contributed by atoms with Gasteiger partial charge in [0.15, 0.2) is 0 Å². The Hall–Kier alpha value is 0.270. The highest BCUT2D eigenvalue weighted by atomic mass is 32.2. The first-order chi connectivity index (χ1) is 3.66. The van der Waals surface area contributed by atoms with E-state index >= 15 is 0 Å². The van der Waals surface area contributed by atoms with Crippen molar-refractivity contribution in [1.82, 2.24) is 4.90 Å². The van der Waals surface area contributed by atoms with Crippen LogP contribution in [0.1, 0.15) is 6.92 Å². The second-order valence-electron chi connectivity index (χ2n) is 2.21. The molecule has 0 rings (SSSR count). The molecule has 0 aliphatic heterocycles. The van der Waals surface area contributed by atoms with E-state index in [0.29, 0.717) is 5.25 Å². The molecular formula is C5H14N2S. The first-order valence-electron chi connectivity index (χ1n) is 2.67. The first-order valence-corrected chi connectivity index (χ1v) is 3.61. The fraction of sp³-hybridized carbons (Fsp3) is 1.00. The average Bonchev–Trinajstić information content (AvgIpc) is 1.65. The van der Waals surface area contributed by atoms with Crippen LogP contribution in [0.4, 0.5) is 0 Å². The molecule has 0 aliphatic rings. The highest BCUT2D eigenvalue weighted by molar-refractivity contribution is 7.97. The minimum absolute atomic E-state index is 0.546. The van der Waals surface area contributed by atoms with Crippen LogP contribution in [0.25, 0.3) is 0 Å². The Kier molecular flexibility index (Phi) is 4.32. The summed E-state index contributed by atoms with van der Waals surface area (Å²) in [6, 6.07) is 0. The van der Waals surface area contributed by atoms with E-state index < -0.39 is 0 Å². The van der Waals surface area contributed by atoms with Gasteiger partial charge in [0.25, 0.3) is 0 Å². The monoisotopic (exact) mass is 134 g/mol. The van der Waals surface area contributed by atoms with E-state index in [-0.39, 0.29) is 0 Å². The van der Waals surface area contributed by atoms with Crippen LogP contribution in [-0.4, -0.2) is 30.8 Å². The molecule has 1 unspecified atom stereocenters. The van der Waals surface area contributed by atoms with Crippen molar-refractivity contribution in [3.05, 3.63) is 0 Å². The van der Waals surface area contributed by atoms with Crippen molar-refractivity contribution in [2.75, 3.05) is 20.6 Å². The fourth-order valence-electron chi connectivity index (χ4n) is 0.557. The molecule has 0 heterocycles. The predicted molar refractivity (Wildman–Crippen MR) is 39.8 cm³/mol. The van der Waals surface area contributed by atoms with Crippen LogP contribution in [0.15, 0.2) is 0 Å². The Labute approximate surface area is 55.6 Å². The van der Waals surface area contributed by atoms with Crippen molar-refractivity contribution < 1.29 is 0 Å². The van der Waals surface area contributed by atoms with Gasteiger partial charge in [0.1, 0.15) is 0 Å². The normalized spacial score (nSPS) is 14.6. The Bertz CT molecular complexity index is 56.4. The van der Waals surface area contributed by atoms with Crippen molar-refractivity contribution in [1.29, 1.82) is 0 Å². The third-order valence-electron chi connectivity index (χ3n) is 0.855. The number of nitrogens with zero attached hydrogens (tertiary/aromatic N) is 1. The average molecular weight is 134 g/mol. The topological polar surface area (TPSA) is 29.3 Å². The summed E-state index contributed by atoms with van der Waals surface area (Å²) in [6.07, 6.45) is 0. The Morgan fingerprint density at radius 1 is 1.62 bits per heavy atom. The molecule has 2 nitrogen and oxygen atoms in total. The van der Waals surface area contributed by atoms with Crippen LogP contribution in [0.2, 0.25) is 0 Å². The molecule has 0 aliphatic carbocycles. The van der Waals surface area contributed by atoms with Crippen LogP contribution in [0, 0.1) is 0 Å².